The number of hydrogen-bond acceptors (Lipinski definition) is 10. The Morgan fingerprint density at radius 2 is 1.90 bits per heavy atom. The number of carbonyl (C=O) groups is 2. The average Bonchev–Trinajstić information content (AvgIpc) is 3.78. The normalized spacial score (nSPS) is 51.7. The molecule has 0 unspecified atom stereocenters. The van der Waals surface area contributed by atoms with Crippen LogP contribution in [0, 0.1) is 10.8 Å². The third-order valence-electron chi connectivity index (χ3n) is 10.2. The molecular weight excluding hydrogens is 508 g/mol. The number of allylic oxidation sites excluding steroid dienone is 2. The smallest absolute Gasteiger partial charge is 0.338 e. The van der Waals surface area contributed by atoms with Gasteiger partial charge in [-0.2, -0.15) is 0 Å². The molecule has 2 N–H and O–H groups in total. The molecule has 2 spiro atoms. The van der Waals surface area contributed by atoms with E-state index in [-0.39, 0.29) is 25.7 Å². The zero-order valence-corrected chi connectivity index (χ0v) is 22.8. The van der Waals surface area contributed by atoms with Gasteiger partial charge in [-0.25, -0.2) is 9.59 Å². The van der Waals surface area contributed by atoms with Gasteiger partial charge in [-0.05, 0) is 32.8 Å². The van der Waals surface area contributed by atoms with Crippen molar-refractivity contribution < 1.29 is 48.2 Å². The standard InChI is InChI=1S/C29H38O10/c1-16-11-21-28(13-18(16)31)14-35-25(33)24-26(3,39-24)9-10-34-19(17(2)30)7-5-6-8-23(32)38-20-12-22(37-21)29(15-36-29)27(20,28)4/h5-8,11,17-22,24,30-31H,9-10,12-15H2,1-4H3/b7-5+,8-6-/t17-,18-,19-,20-,21-,22-,24-,26-,27-,28+,29+/m1/s1. The van der Waals surface area contributed by atoms with E-state index in [4.69, 9.17) is 28.4 Å². The van der Waals surface area contributed by atoms with Crippen molar-refractivity contribution in [2.24, 2.45) is 10.8 Å². The summed E-state index contributed by atoms with van der Waals surface area (Å²) in [4.78, 5) is 26.2. The maximum atomic E-state index is 13.3. The molecule has 0 radical (unpaired) electrons. The maximum absolute atomic E-state index is 13.3. The number of aliphatic hydroxyl groups excluding tert-OH is 2. The van der Waals surface area contributed by atoms with Crippen molar-refractivity contribution in [3.05, 3.63) is 36.0 Å². The number of carbonyl (C=O) groups excluding carboxylic acids is 2. The fourth-order valence-electron chi connectivity index (χ4n) is 7.38. The van der Waals surface area contributed by atoms with Gasteiger partial charge in [-0.15, -0.1) is 0 Å². The summed E-state index contributed by atoms with van der Waals surface area (Å²) < 4.78 is 36.3. The molecule has 10 heteroatoms. The lowest BCUT2D eigenvalue weighted by Crippen LogP contribution is -2.68. The van der Waals surface area contributed by atoms with Crippen LogP contribution in [0.3, 0.4) is 0 Å². The molecule has 0 aromatic carbocycles. The van der Waals surface area contributed by atoms with Crippen LogP contribution in [0.25, 0.3) is 0 Å². The fourth-order valence-corrected chi connectivity index (χ4v) is 7.38. The van der Waals surface area contributed by atoms with Crippen LogP contribution in [0.5, 0.6) is 0 Å². The first-order valence-electron chi connectivity index (χ1n) is 13.8. The summed E-state index contributed by atoms with van der Waals surface area (Å²) in [5.74, 6) is -1.02. The Hall–Kier alpha value is -2.08. The van der Waals surface area contributed by atoms with E-state index >= 15 is 0 Å². The van der Waals surface area contributed by atoms with Crippen molar-refractivity contribution in [3.63, 3.8) is 0 Å². The first-order valence-corrected chi connectivity index (χ1v) is 13.8. The third kappa shape index (κ3) is 4.06. The molecule has 6 rings (SSSR count). The first kappa shape index (κ1) is 27.1. The summed E-state index contributed by atoms with van der Waals surface area (Å²) in [5.41, 5.74) is -2.33. The van der Waals surface area contributed by atoms with E-state index < -0.39 is 70.6 Å². The number of rotatable bonds is 1. The molecule has 4 aliphatic heterocycles. The van der Waals surface area contributed by atoms with Gasteiger partial charge in [-0.3, -0.25) is 0 Å². The van der Waals surface area contributed by atoms with Crippen LogP contribution < -0.4 is 0 Å². The molecule has 10 nitrogen and oxygen atoms in total. The Bertz CT molecular complexity index is 1120. The number of epoxide rings is 2. The van der Waals surface area contributed by atoms with Crippen LogP contribution in [0.1, 0.15) is 47.0 Å². The molecule has 4 fully saturated rings. The van der Waals surface area contributed by atoms with Gasteiger partial charge in [0.25, 0.3) is 0 Å². The van der Waals surface area contributed by atoms with E-state index in [1.54, 1.807) is 25.2 Å². The highest BCUT2D eigenvalue weighted by Crippen LogP contribution is 2.72. The molecule has 11 atom stereocenters. The van der Waals surface area contributed by atoms with Crippen LogP contribution >= 0.6 is 0 Å². The molecule has 1 saturated carbocycles. The summed E-state index contributed by atoms with van der Waals surface area (Å²) in [6.45, 7) is 7.98. The Morgan fingerprint density at radius 1 is 1.13 bits per heavy atom. The van der Waals surface area contributed by atoms with Crippen LogP contribution in [0.4, 0.5) is 0 Å². The van der Waals surface area contributed by atoms with Gasteiger partial charge in [0.05, 0.1) is 43.0 Å². The van der Waals surface area contributed by atoms with Gasteiger partial charge in [0.1, 0.15) is 30.0 Å². The minimum Gasteiger partial charge on any atom is -0.463 e. The summed E-state index contributed by atoms with van der Waals surface area (Å²) in [7, 11) is 0. The highest BCUT2D eigenvalue weighted by molar-refractivity contribution is 5.82. The largest absolute Gasteiger partial charge is 0.463 e. The van der Waals surface area contributed by atoms with E-state index in [0.717, 1.165) is 5.57 Å². The molecule has 0 aromatic rings. The number of hydrogen-bond donors (Lipinski definition) is 2. The molecule has 39 heavy (non-hydrogen) atoms. The van der Waals surface area contributed by atoms with Gasteiger partial charge in [0.15, 0.2) is 6.10 Å². The summed E-state index contributed by atoms with van der Waals surface area (Å²) in [6.07, 6.45) is 5.01. The van der Waals surface area contributed by atoms with Crippen molar-refractivity contribution in [1.82, 2.24) is 0 Å². The van der Waals surface area contributed by atoms with Crippen LogP contribution in [-0.2, 0) is 38.0 Å². The molecule has 4 heterocycles. The molecule has 2 bridgehead atoms. The average molecular weight is 547 g/mol. The molecule has 3 saturated heterocycles. The highest BCUT2D eigenvalue weighted by atomic mass is 16.7. The van der Waals surface area contributed by atoms with E-state index in [9.17, 15) is 19.8 Å². The molecule has 214 valence electrons. The van der Waals surface area contributed by atoms with E-state index in [0.29, 0.717) is 19.4 Å². The zero-order chi connectivity index (χ0) is 27.8. The quantitative estimate of drug-likeness (QED) is 0.283. The predicted octanol–water partition coefficient (Wildman–Crippen LogP) is 1.52. The van der Waals surface area contributed by atoms with Gasteiger partial charge >= 0.3 is 11.9 Å². The summed E-state index contributed by atoms with van der Waals surface area (Å²) in [5, 5.41) is 21.1. The van der Waals surface area contributed by atoms with Gasteiger partial charge in [0, 0.05) is 24.3 Å². The lowest BCUT2D eigenvalue weighted by atomic mass is 9.51. The van der Waals surface area contributed by atoms with Crippen LogP contribution in [-0.4, -0.2) is 95.9 Å². The minimum atomic E-state index is -0.899. The number of fused-ring (bicyclic) bond motifs is 1. The summed E-state index contributed by atoms with van der Waals surface area (Å²) in [6, 6.07) is 0. The topological polar surface area (TPSA) is 137 Å². The Balaban J connectivity index is 1.37. The zero-order valence-electron chi connectivity index (χ0n) is 22.8. The number of cyclic esters (lactones) is 1. The van der Waals surface area contributed by atoms with Crippen molar-refractivity contribution in [2.75, 3.05) is 19.8 Å². The minimum absolute atomic E-state index is 0.0468. The summed E-state index contributed by atoms with van der Waals surface area (Å²) >= 11 is 0. The SMILES string of the molecule is CC1=C[C@H]2O[C@@H]3C[C@H]4OC(=O)/C=C\C=C\[C@H]([C@@H](C)O)OCC[C@@]5(C)O[C@@H]5C(=O)OC[C@]2(C[C@H]1O)[C@]4(C)[C@]31CO1. The molecule has 2 aliphatic carbocycles. The van der Waals surface area contributed by atoms with Crippen molar-refractivity contribution >= 4 is 11.9 Å². The fraction of sp³-hybridized carbons (Fsp3) is 0.724. The van der Waals surface area contributed by atoms with E-state index in [1.165, 1.54) is 6.08 Å². The second kappa shape index (κ2) is 9.22. The van der Waals surface area contributed by atoms with E-state index in [2.05, 4.69) is 0 Å². The van der Waals surface area contributed by atoms with Crippen LogP contribution in [0.15, 0.2) is 36.0 Å². The highest BCUT2D eigenvalue weighted by Gasteiger charge is 2.83. The molecule has 0 aromatic heterocycles. The Labute approximate surface area is 227 Å². The number of esters is 2. The number of ether oxygens (including phenoxy) is 6. The van der Waals surface area contributed by atoms with Crippen molar-refractivity contribution in [2.45, 2.75) is 101 Å². The lowest BCUT2D eigenvalue weighted by molar-refractivity contribution is -0.239. The van der Waals surface area contributed by atoms with Crippen molar-refractivity contribution in [1.29, 1.82) is 0 Å². The third-order valence-corrected chi connectivity index (χ3v) is 10.2. The maximum Gasteiger partial charge on any atom is 0.338 e. The number of aliphatic hydroxyl groups is 2. The second-order valence-electron chi connectivity index (χ2n) is 12.4. The monoisotopic (exact) mass is 546 g/mol. The van der Waals surface area contributed by atoms with Crippen LogP contribution in [0.2, 0.25) is 0 Å². The molecular formula is C29H38O10. The second-order valence-corrected chi connectivity index (χ2v) is 12.4. The van der Waals surface area contributed by atoms with Gasteiger partial charge < -0.3 is 38.6 Å². The van der Waals surface area contributed by atoms with Gasteiger partial charge in [-0.1, -0.05) is 31.2 Å². The predicted molar refractivity (Wildman–Crippen MR) is 135 cm³/mol. The van der Waals surface area contributed by atoms with Crippen molar-refractivity contribution in [3.8, 4) is 0 Å². The molecule has 6 aliphatic rings. The van der Waals surface area contributed by atoms with E-state index in [1.807, 2.05) is 26.8 Å². The molecule has 0 amide bonds. The lowest BCUT2D eigenvalue weighted by Gasteiger charge is -2.58. The van der Waals surface area contributed by atoms with Gasteiger partial charge in [0.2, 0.25) is 0 Å². The first-order chi connectivity index (χ1) is 18.5. The Morgan fingerprint density at radius 3 is 2.62 bits per heavy atom. The Kier molecular flexibility index (Phi) is 6.41.